The van der Waals surface area contributed by atoms with Crippen LogP contribution < -0.4 is 10.6 Å². The van der Waals surface area contributed by atoms with Crippen LogP contribution in [0.5, 0.6) is 0 Å². The predicted octanol–water partition coefficient (Wildman–Crippen LogP) is 1.30. The van der Waals surface area contributed by atoms with Gasteiger partial charge in [0.25, 0.3) is 0 Å². The largest absolute Gasteiger partial charge is 0.361 e. The Bertz CT molecular complexity index is 341. The van der Waals surface area contributed by atoms with Crippen LogP contribution in [0.1, 0.15) is 36.8 Å². The number of carbonyl (C=O) groups excluding carboxylic acids is 1. The summed E-state index contributed by atoms with van der Waals surface area (Å²) in [5.74, 6) is 0.839. The zero-order valence-electron chi connectivity index (χ0n) is 10.8. The molecule has 0 aliphatic rings. The van der Waals surface area contributed by atoms with Gasteiger partial charge in [0.15, 0.2) is 0 Å². The first-order valence-corrected chi connectivity index (χ1v) is 6.04. The highest BCUT2D eigenvalue weighted by Gasteiger charge is 2.08. The van der Waals surface area contributed by atoms with Crippen molar-refractivity contribution in [2.75, 3.05) is 13.1 Å². The molecule has 0 unspecified atom stereocenters. The van der Waals surface area contributed by atoms with E-state index in [9.17, 15) is 4.79 Å². The van der Waals surface area contributed by atoms with Crippen molar-refractivity contribution in [3.63, 3.8) is 0 Å². The first-order chi connectivity index (χ1) is 8.15. The lowest BCUT2D eigenvalue weighted by Gasteiger charge is -2.05. The number of unbranched alkanes of at least 4 members (excludes halogenated alkanes) is 1. The lowest BCUT2D eigenvalue weighted by atomic mass is 10.2. The molecule has 0 bridgehead atoms. The van der Waals surface area contributed by atoms with Crippen LogP contribution >= 0.6 is 0 Å². The quantitative estimate of drug-likeness (QED) is 0.704. The van der Waals surface area contributed by atoms with Crippen LogP contribution in [0.25, 0.3) is 0 Å². The summed E-state index contributed by atoms with van der Waals surface area (Å²) in [6.07, 6.45) is 2.11. The van der Waals surface area contributed by atoms with Gasteiger partial charge in [-0.1, -0.05) is 18.5 Å². The average molecular weight is 239 g/mol. The van der Waals surface area contributed by atoms with Crippen molar-refractivity contribution in [3.05, 3.63) is 17.0 Å². The van der Waals surface area contributed by atoms with E-state index in [4.69, 9.17) is 4.52 Å². The van der Waals surface area contributed by atoms with Crippen molar-refractivity contribution in [3.8, 4) is 0 Å². The highest BCUT2D eigenvalue weighted by atomic mass is 16.5. The number of hydrogen-bond acceptors (Lipinski definition) is 4. The van der Waals surface area contributed by atoms with E-state index in [0.717, 1.165) is 36.4 Å². The average Bonchev–Trinajstić information content (AvgIpc) is 2.61. The topological polar surface area (TPSA) is 67.2 Å². The van der Waals surface area contributed by atoms with Gasteiger partial charge in [0.1, 0.15) is 5.76 Å². The van der Waals surface area contributed by atoms with E-state index in [1.807, 2.05) is 13.8 Å². The van der Waals surface area contributed by atoms with Crippen LogP contribution in [0.3, 0.4) is 0 Å². The Hall–Kier alpha value is -1.36. The number of amides is 1. The second-order valence-corrected chi connectivity index (χ2v) is 4.11. The van der Waals surface area contributed by atoms with Gasteiger partial charge >= 0.3 is 0 Å². The van der Waals surface area contributed by atoms with Gasteiger partial charge in [0.05, 0.1) is 12.2 Å². The molecule has 1 aromatic heterocycles. The van der Waals surface area contributed by atoms with Crippen molar-refractivity contribution >= 4 is 5.91 Å². The van der Waals surface area contributed by atoms with Crippen LogP contribution in [0.15, 0.2) is 4.52 Å². The van der Waals surface area contributed by atoms with Gasteiger partial charge in [0, 0.05) is 18.7 Å². The Kier molecular flexibility index (Phi) is 5.69. The summed E-state index contributed by atoms with van der Waals surface area (Å²) in [5.41, 5.74) is 1.91. The molecule has 17 heavy (non-hydrogen) atoms. The third kappa shape index (κ3) is 4.56. The fraction of sp³-hybridized carbons (Fsp3) is 0.667. The molecule has 0 aliphatic heterocycles. The molecule has 1 rings (SSSR count). The van der Waals surface area contributed by atoms with Crippen molar-refractivity contribution in [2.24, 2.45) is 0 Å². The molecule has 1 heterocycles. The van der Waals surface area contributed by atoms with Gasteiger partial charge in [-0.3, -0.25) is 4.79 Å². The van der Waals surface area contributed by atoms with Crippen molar-refractivity contribution in [1.82, 2.24) is 15.8 Å². The molecular weight excluding hydrogens is 218 g/mol. The maximum atomic E-state index is 11.4. The standard InChI is InChI=1S/C12H21N3O2/c1-4-5-6-14-12(16)8-13-7-11-9(2)15-17-10(11)3/h13H,4-8H2,1-3H3,(H,14,16). The maximum absolute atomic E-state index is 11.4. The van der Waals surface area contributed by atoms with E-state index in [0.29, 0.717) is 13.1 Å². The summed E-state index contributed by atoms with van der Waals surface area (Å²) in [6.45, 7) is 7.56. The van der Waals surface area contributed by atoms with Gasteiger partial charge in [-0.25, -0.2) is 0 Å². The van der Waals surface area contributed by atoms with Crippen LogP contribution in [0.2, 0.25) is 0 Å². The predicted molar refractivity (Wildman–Crippen MR) is 65.6 cm³/mol. The Labute approximate surface area is 102 Å². The van der Waals surface area contributed by atoms with Crippen LogP contribution in [-0.4, -0.2) is 24.2 Å². The minimum Gasteiger partial charge on any atom is -0.361 e. The van der Waals surface area contributed by atoms with Gasteiger partial charge in [-0.2, -0.15) is 0 Å². The maximum Gasteiger partial charge on any atom is 0.233 e. The molecule has 2 N–H and O–H groups in total. The van der Waals surface area contributed by atoms with Crippen LogP contribution in [-0.2, 0) is 11.3 Å². The van der Waals surface area contributed by atoms with Gasteiger partial charge in [0.2, 0.25) is 5.91 Å². The van der Waals surface area contributed by atoms with Gasteiger partial charge < -0.3 is 15.2 Å². The SMILES string of the molecule is CCCCNC(=O)CNCc1c(C)noc1C. The van der Waals surface area contributed by atoms with Crippen molar-refractivity contribution in [1.29, 1.82) is 0 Å². The fourth-order valence-electron chi connectivity index (χ4n) is 1.52. The molecule has 1 amide bonds. The fourth-order valence-corrected chi connectivity index (χ4v) is 1.52. The lowest BCUT2D eigenvalue weighted by Crippen LogP contribution is -2.34. The Morgan fingerprint density at radius 3 is 2.76 bits per heavy atom. The second kappa shape index (κ2) is 7.06. The summed E-state index contributed by atoms with van der Waals surface area (Å²) in [4.78, 5) is 11.4. The van der Waals surface area contributed by atoms with E-state index in [-0.39, 0.29) is 5.91 Å². The number of carbonyl (C=O) groups is 1. The second-order valence-electron chi connectivity index (χ2n) is 4.11. The zero-order chi connectivity index (χ0) is 12.7. The van der Waals surface area contributed by atoms with Gasteiger partial charge in [-0.15, -0.1) is 0 Å². The number of aromatic nitrogens is 1. The Morgan fingerprint density at radius 2 is 2.18 bits per heavy atom. The molecule has 0 fully saturated rings. The summed E-state index contributed by atoms with van der Waals surface area (Å²) >= 11 is 0. The highest BCUT2D eigenvalue weighted by Crippen LogP contribution is 2.10. The van der Waals surface area contributed by atoms with Crippen LogP contribution in [0.4, 0.5) is 0 Å². The molecule has 0 aliphatic carbocycles. The molecule has 0 spiro atoms. The summed E-state index contributed by atoms with van der Waals surface area (Å²) in [5, 5.41) is 9.80. The van der Waals surface area contributed by atoms with E-state index < -0.39 is 0 Å². The van der Waals surface area contributed by atoms with E-state index in [1.54, 1.807) is 0 Å². The third-order valence-corrected chi connectivity index (χ3v) is 2.62. The Morgan fingerprint density at radius 1 is 1.41 bits per heavy atom. The Balaban J connectivity index is 2.21. The van der Waals surface area contributed by atoms with Gasteiger partial charge in [-0.05, 0) is 20.3 Å². The molecule has 5 nitrogen and oxygen atoms in total. The van der Waals surface area contributed by atoms with E-state index in [2.05, 4.69) is 22.7 Å². The number of rotatable bonds is 7. The summed E-state index contributed by atoms with van der Waals surface area (Å²) in [7, 11) is 0. The molecule has 0 saturated carbocycles. The lowest BCUT2D eigenvalue weighted by molar-refractivity contribution is -0.120. The van der Waals surface area contributed by atoms with E-state index in [1.165, 1.54) is 0 Å². The monoisotopic (exact) mass is 239 g/mol. The number of nitrogens with one attached hydrogen (secondary N) is 2. The highest BCUT2D eigenvalue weighted by molar-refractivity contribution is 5.77. The van der Waals surface area contributed by atoms with Crippen molar-refractivity contribution < 1.29 is 9.32 Å². The molecule has 0 saturated heterocycles. The summed E-state index contributed by atoms with van der Waals surface area (Å²) < 4.78 is 5.04. The first-order valence-electron chi connectivity index (χ1n) is 6.04. The van der Waals surface area contributed by atoms with Crippen LogP contribution in [0, 0.1) is 13.8 Å². The number of hydrogen-bond donors (Lipinski definition) is 2. The van der Waals surface area contributed by atoms with E-state index >= 15 is 0 Å². The minimum absolute atomic E-state index is 0.0326. The first kappa shape index (κ1) is 13.7. The van der Waals surface area contributed by atoms with Crippen molar-refractivity contribution in [2.45, 2.75) is 40.2 Å². The smallest absolute Gasteiger partial charge is 0.233 e. The normalized spacial score (nSPS) is 10.5. The molecule has 96 valence electrons. The molecule has 0 atom stereocenters. The zero-order valence-corrected chi connectivity index (χ0v) is 10.8. The molecule has 5 heteroatoms. The third-order valence-electron chi connectivity index (χ3n) is 2.62. The number of aryl methyl sites for hydroxylation is 2. The minimum atomic E-state index is 0.0326. The molecule has 0 aromatic carbocycles. The molecule has 0 radical (unpaired) electrons. The number of nitrogens with zero attached hydrogens (tertiary/aromatic N) is 1. The molecule has 1 aromatic rings. The molecular formula is C12H21N3O2. The summed E-state index contributed by atoms with van der Waals surface area (Å²) in [6, 6.07) is 0.